The summed E-state index contributed by atoms with van der Waals surface area (Å²) in [7, 11) is 0. The summed E-state index contributed by atoms with van der Waals surface area (Å²) in [5.74, 6) is 2.78. The van der Waals surface area contributed by atoms with E-state index in [2.05, 4.69) is 33.1 Å². The van der Waals surface area contributed by atoms with E-state index in [4.69, 9.17) is 0 Å². The zero-order valence-electron chi connectivity index (χ0n) is 13.6. The Bertz CT molecular complexity index is 748. The Labute approximate surface area is 140 Å². The summed E-state index contributed by atoms with van der Waals surface area (Å²) in [5.41, 5.74) is 1.39. The van der Waals surface area contributed by atoms with Crippen LogP contribution in [0.1, 0.15) is 51.5 Å². The van der Waals surface area contributed by atoms with Crippen LogP contribution in [0.2, 0.25) is 0 Å². The van der Waals surface area contributed by atoms with Crippen LogP contribution < -0.4 is 5.32 Å². The Balaban J connectivity index is 1.46. The van der Waals surface area contributed by atoms with E-state index in [0.717, 1.165) is 54.7 Å². The maximum absolute atomic E-state index is 12.6. The van der Waals surface area contributed by atoms with Gasteiger partial charge in [-0.3, -0.25) is 4.79 Å². The van der Waals surface area contributed by atoms with Crippen LogP contribution in [0.25, 0.3) is 0 Å². The second-order valence-corrected chi connectivity index (χ2v) is 8.03. The average Bonchev–Trinajstić information content (AvgIpc) is 3.11. The number of fused-ring (bicyclic) bond motifs is 2. The van der Waals surface area contributed by atoms with Gasteiger partial charge in [0.05, 0.1) is 4.88 Å². The van der Waals surface area contributed by atoms with E-state index in [-0.39, 0.29) is 11.9 Å². The van der Waals surface area contributed by atoms with Gasteiger partial charge in [-0.2, -0.15) is 0 Å². The standard InChI is InChI=1S/C17H22N4OS/c1-10-3-5-14-12(7-10)8-15(23-14)17(22)18-13-4-6-16-20-19-11(2)21(16)9-13/h8,10,13H,3-7,9H2,1-2H3,(H,18,22)/t10-,13-/m1/s1. The molecule has 23 heavy (non-hydrogen) atoms. The Kier molecular flexibility index (Phi) is 3.71. The Hall–Kier alpha value is -1.69. The molecule has 6 heteroatoms. The molecule has 1 amide bonds. The van der Waals surface area contributed by atoms with Gasteiger partial charge < -0.3 is 9.88 Å². The summed E-state index contributed by atoms with van der Waals surface area (Å²) in [6.07, 6.45) is 5.30. The molecule has 0 aromatic carbocycles. The van der Waals surface area contributed by atoms with Crippen molar-refractivity contribution in [3.63, 3.8) is 0 Å². The number of nitrogens with one attached hydrogen (secondary N) is 1. The third-order valence-electron chi connectivity index (χ3n) is 5.02. The van der Waals surface area contributed by atoms with Crippen molar-refractivity contribution in [1.29, 1.82) is 0 Å². The fourth-order valence-corrected chi connectivity index (χ4v) is 4.77. The minimum absolute atomic E-state index is 0.0798. The SMILES string of the molecule is Cc1nnc2n1C[C@H](NC(=O)c1cc3c(s1)CC[C@@H](C)C3)CC2. The van der Waals surface area contributed by atoms with Gasteiger partial charge in [-0.15, -0.1) is 21.5 Å². The number of rotatable bonds is 2. The van der Waals surface area contributed by atoms with Gasteiger partial charge in [0.2, 0.25) is 0 Å². The Morgan fingerprint density at radius 3 is 3.09 bits per heavy atom. The molecular weight excluding hydrogens is 308 g/mol. The molecule has 0 bridgehead atoms. The molecule has 0 saturated carbocycles. The van der Waals surface area contributed by atoms with Gasteiger partial charge in [-0.1, -0.05) is 6.92 Å². The number of hydrogen-bond donors (Lipinski definition) is 1. The van der Waals surface area contributed by atoms with Crippen LogP contribution in [-0.2, 0) is 25.8 Å². The normalized spacial score (nSPS) is 23.2. The van der Waals surface area contributed by atoms with Gasteiger partial charge in [0.15, 0.2) is 0 Å². The van der Waals surface area contributed by atoms with E-state index >= 15 is 0 Å². The number of amides is 1. The number of thiophene rings is 1. The van der Waals surface area contributed by atoms with Crippen LogP contribution in [0, 0.1) is 12.8 Å². The lowest BCUT2D eigenvalue weighted by Crippen LogP contribution is -2.41. The molecule has 2 aliphatic rings. The van der Waals surface area contributed by atoms with Crippen molar-refractivity contribution in [2.24, 2.45) is 5.92 Å². The maximum Gasteiger partial charge on any atom is 0.261 e. The maximum atomic E-state index is 12.6. The second kappa shape index (κ2) is 5.74. The van der Waals surface area contributed by atoms with Crippen molar-refractivity contribution in [3.8, 4) is 0 Å². The van der Waals surface area contributed by atoms with Crippen molar-refractivity contribution < 1.29 is 4.79 Å². The number of carbonyl (C=O) groups is 1. The van der Waals surface area contributed by atoms with Crippen molar-refractivity contribution >= 4 is 17.2 Å². The molecule has 4 rings (SSSR count). The molecule has 1 aliphatic carbocycles. The van der Waals surface area contributed by atoms with Gasteiger partial charge >= 0.3 is 0 Å². The highest BCUT2D eigenvalue weighted by Gasteiger charge is 2.25. The molecule has 5 nitrogen and oxygen atoms in total. The monoisotopic (exact) mass is 330 g/mol. The highest BCUT2D eigenvalue weighted by Crippen LogP contribution is 2.32. The predicted molar refractivity (Wildman–Crippen MR) is 89.8 cm³/mol. The predicted octanol–water partition coefficient (Wildman–Crippen LogP) is 2.52. The smallest absolute Gasteiger partial charge is 0.261 e. The van der Waals surface area contributed by atoms with Crippen LogP contribution in [-0.4, -0.2) is 26.7 Å². The van der Waals surface area contributed by atoms with Crippen LogP contribution in [0.5, 0.6) is 0 Å². The number of carbonyl (C=O) groups excluding carboxylic acids is 1. The fraction of sp³-hybridized carbons (Fsp3) is 0.588. The Morgan fingerprint density at radius 2 is 2.22 bits per heavy atom. The molecule has 2 aromatic heterocycles. The molecule has 2 atom stereocenters. The minimum Gasteiger partial charge on any atom is -0.347 e. The topological polar surface area (TPSA) is 59.8 Å². The summed E-state index contributed by atoms with van der Waals surface area (Å²) >= 11 is 1.68. The Morgan fingerprint density at radius 1 is 1.35 bits per heavy atom. The molecule has 1 aliphatic heterocycles. The first kappa shape index (κ1) is 14.9. The summed E-state index contributed by atoms with van der Waals surface area (Å²) in [6, 6.07) is 2.28. The van der Waals surface area contributed by atoms with Crippen LogP contribution in [0.4, 0.5) is 0 Å². The zero-order chi connectivity index (χ0) is 16.0. The van der Waals surface area contributed by atoms with Gasteiger partial charge in [-0.25, -0.2) is 0 Å². The molecule has 0 saturated heterocycles. The van der Waals surface area contributed by atoms with E-state index in [1.165, 1.54) is 16.9 Å². The van der Waals surface area contributed by atoms with Crippen LogP contribution in [0.3, 0.4) is 0 Å². The molecule has 2 aromatic rings. The first-order chi connectivity index (χ1) is 11.1. The summed E-state index contributed by atoms with van der Waals surface area (Å²) in [4.78, 5) is 14.9. The third kappa shape index (κ3) is 2.80. The number of aryl methyl sites for hydroxylation is 3. The summed E-state index contributed by atoms with van der Waals surface area (Å²) < 4.78 is 2.12. The lowest BCUT2D eigenvalue weighted by Gasteiger charge is -2.24. The molecule has 0 radical (unpaired) electrons. The van der Waals surface area contributed by atoms with Crippen LogP contribution >= 0.6 is 11.3 Å². The first-order valence-corrected chi connectivity index (χ1v) is 9.23. The van der Waals surface area contributed by atoms with E-state index in [9.17, 15) is 4.79 Å². The van der Waals surface area contributed by atoms with E-state index in [1.54, 1.807) is 11.3 Å². The van der Waals surface area contributed by atoms with Crippen LogP contribution in [0.15, 0.2) is 6.07 Å². The van der Waals surface area contributed by atoms with E-state index in [0.29, 0.717) is 0 Å². The van der Waals surface area contributed by atoms with Crippen molar-refractivity contribution in [1.82, 2.24) is 20.1 Å². The van der Waals surface area contributed by atoms with Crippen molar-refractivity contribution in [3.05, 3.63) is 33.0 Å². The highest BCUT2D eigenvalue weighted by molar-refractivity contribution is 7.14. The minimum atomic E-state index is 0.0798. The summed E-state index contributed by atoms with van der Waals surface area (Å²) in [5, 5.41) is 11.5. The zero-order valence-corrected chi connectivity index (χ0v) is 14.4. The number of hydrogen-bond acceptors (Lipinski definition) is 4. The number of aromatic nitrogens is 3. The lowest BCUT2D eigenvalue weighted by atomic mass is 9.90. The van der Waals surface area contributed by atoms with Gasteiger partial charge in [0.1, 0.15) is 11.6 Å². The third-order valence-corrected chi connectivity index (χ3v) is 6.26. The fourth-order valence-electron chi connectivity index (χ4n) is 3.65. The first-order valence-electron chi connectivity index (χ1n) is 8.41. The molecule has 122 valence electrons. The van der Waals surface area contributed by atoms with E-state index < -0.39 is 0 Å². The summed E-state index contributed by atoms with van der Waals surface area (Å²) in [6.45, 7) is 5.04. The van der Waals surface area contributed by atoms with E-state index in [1.807, 2.05) is 6.92 Å². The second-order valence-electron chi connectivity index (χ2n) is 6.89. The van der Waals surface area contributed by atoms with Gasteiger partial charge in [0.25, 0.3) is 5.91 Å². The molecular formula is C17H22N4OS. The quantitative estimate of drug-likeness (QED) is 0.920. The van der Waals surface area contributed by atoms with Crippen molar-refractivity contribution in [2.75, 3.05) is 0 Å². The molecule has 0 spiro atoms. The largest absolute Gasteiger partial charge is 0.347 e. The molecule has 3 heterocycles. The van der Waals surface area contributed by atoms with Gasteiger partial charge in [-0.05, 0) is 50.2 Å². The molecule has 1 N–H and O–H groups in total. The van der Waals surface area contributed by atoms with Gasteiger partial charge in [0, 0.05) is 23.9 Å². The molecule has 0 fully saturated rings. The number of nitrogens with zero attached hydrogens (tertiary/aromatic N) is 3. The highest BCUT2D eigenvalue weighted by atomic mass is 32.1. The van der Waals surface area contributed by atoms with Crippen molar-refractivity contribution in [2.45, 2.75) is 58.5 Å². The average molecular weight is 330 g/mol. The lowest BCUT2D eigenvalue weighted by molar-refractivity contribution is 0.0931. The molecule has 0 unspecified atom stereocenters.